The summed E-state index contributed by atoms with van der Waals surface area (Å²) in [5.41, 5.74) is 0. The Hall–Kier alpha value is -0.990. The lowest BCUT2D eigenvalue weighted by molar-refractivity contribution is 0.257. The van der Waals surface area contributed by atoms with E-state index in [-0.39, 0.29) is 6.04 Å². The lowest BCUT2D eigenvalue weighted by Crippen LogP contribution is -2.39. The van der Waals surface area contributed by atoms with Crippen molar-refractivity contribution in [2.24, 2.45) is 5.92 Å². The first-order valence-electron chi connectivity index (χ1n) is 7.96. The molecule has 0 spiro atoms. The van der Waals surface area contributed by atoms with Gasteiger partial charge in [0.05, 0.1) is 12.8 Å². The van der Waals surface area contributed by atoms with E-state index in [2.05, 4.69) is 26.7 Å². The zero-order valence-corrected chi connectivity index (χ0v) is 14.0. The third-order valence-corrected chi connectivity index (χ3v) is 5.06. The average molecular weight is 328 g/mol. The van der Waals surface area contributed by atoms with E-state index in [9.17, 15) is 8.42 Å². The van der Waals surface area contributed by atoms with Gasteiger partial charge in [-0.15, -0.1) is 0 Å². The molecule has 1 aromatic heterocycles. The van der Waals surface area contributed by atoms with Crippen molar-refractivity contribution in [1.82, 2.24) is 19.8 Å². The fourth-order valence-corrected chi connectivity index (χ4v) is 4.01. The van der Waals surface area contributed by atoms with Crippen molar-refractivity contribution in [2.45, 2.75) is 51.1 Å². The summed E-state index contributed by atoms with van der Waals surface area (Å²) >= 11 is 0. The van der Waals surface area contributed by atoms with Crippen molar-refractivity contribution in [3.8, 4) is 0 Å². The minimum atomic E-state index is -3.18. The Kier molecular flexibility index (Phi) is 4.52. The summed E-state index contributed by atoms with van der Waals surface area (Å²) in [7, 11) is -3.18. The number of hydrogen-bond donors (Lipinski definition) is 1. The molecular weight excluding hydrogens is 304 g/mol. The fraction of sp³-hybridized carbons (Fsp3) is 0.857. The lowest BCUT2D eigenvalue weighted by atomic mass is 9.99. The van der Waals surface area contributed by atoms with Gasteiger partial charge < -0.3 is 4.52 Å². The lowest BCUT2D eigenvalue weighted by Gasteiger charge is -2.17. The molecule has 0 radical (unpaired) electrons. The summed E-state index contributed by atoms with van der Waals surface area (Å²) in [4.78, 5) is 6.65. The first-order valence-corrected chi connectivity index (χ1v) is 9.86. The van der Waals surface area contributed by atoms with E-state index in [1.165, 1.54) is 6.26 Å². The molecule has 124 valence electrons. The van der Waals surface area contributed by atoms with Crippen LogP contribution in [0.25, 0.3) is 0 Å². The molecule has 22 heavy (non-hydrogen) atoms. The van der Waals surface area contributed by atoms with Crippen LogP contribution in [0.15, 0.2) is 4.52 Å². The van der Waals surface area contributed by atoms with E-state index in [0.717, 1.165) is 38.1 Å². The normalized spacial score (nSPS) is 26.6. The van der Waals surface area contributed by atoms with Crippen molar-refractivity contribution in [2.75, 3.05) is 19.3 Å². The molecule has 1 saturated carbocycles. The van der Waals surface area contributed by atoms with Gasteiger partial charge in [-0.3, -0.25) is 4.90 Å². The first kappa shape index (κ1) is 15.9. The Morgan fingerprint density at radius 2 is 2.14 bits per heavy atom. The van der Waals surface area contributed by atoms with Crippen molar-refractivity contribution in [3.63, 3.8) is 0 Å². The van der Waals surface area contributed by atoms with E-state index in [0.29, 0.717) is 30.8 Å². The maximum atomic E-state index is 11.5. The molecule has 2 unspecified atom stereocenters. The number of nitrogens with zero attached hydrogens (tertiary/aromatic N) is 3. The average Bonchev–Trinajstić information content (AvgIpc) is 3.07. The monoisotopic (exact) mass is 328 g/mol. The SMILES string of the molecule is CCCC1CN(Cc2nc(C3CC3)no2)CC1NS(C)(=O)=O. The third-order valence-electron chi connectivity index (χ3n) is 4.33. The minimum absolute atomic E-state index is 0.0271. The summed E-state index contributed by atoms with van der Waals surface area (Å²) in [5.74, 6) is 2.29. The second-order valence-corrected chi connectivity index (χ2v) is 8.34. The molecule has 8 heteroatoms. The Balaban J connectivity index is 1.61. The number of nitrogens with one attached hydrogen (secondary N) is 1. The number of hydrogen-bond acceptors (Lipinski definition) is 6. The highest BCUT2D eigenvalue weighted by Gasteiger charge is 2.35. The van der Waals surface area contributed by atoms with Gasteiger partial charge in [0.2, 0.25) is 15.9 Å². The molecule has 1 aliphatic carbocycles. The summed E-state index contributed by atoms with van der Waals surface area (Å²) in [5, 5.41) is 4.03. The third kappa shape index (κ3) is 4.05. The van der Waals surface area contributed by atoms with Crippen molar-refractivity contribution in [1.29, 1.82) is 0 Å². The zero-order chi connectivity index (χ0) is 15.7. The van der Waals surface area contributed by atoms with E-state index in [1.807, 2.05) is 0 Å². The van der Waals surface area contributed by atoms with Crippen LogP contribution in [0.2, 0.25) is 0 Å². The van der Waals surface area contributed by atoms with Crippen LogP contribution in [0.4, 0.5) is 0 Å². The molecule has 0 aromatic carbocycles. The molecular formula is C14H24N4O3S. The van der Waals surface area contributed by atoms with Crippen LogP contribution in [0, 0.1) is 5.92 Å². The van der Waals surface area contributed by atoms with E-state index in [1.54, 1.807) is 0 Å². The Morgan fingerprint density at radius 3 is 2.77 bits per heavy atom. The van der Waals surface area contributed by atoms with E-state index in [4.69, 9.17) is 4.52 Å². The second kappa shape index (κ2) is 6.25. The predicted molar refractivity (Wildman–Crippen MR) is 81.7 cm³/mol. The molecule has 3 rings (SSSR count). The number of likely N-dealkylation sites (tertiary alicyclic amines) is 1. The largest absolute Gasteiger partial charge is 0.338 e. The summed E-state index contributed by atoms with van der Waals surface area (Å²) in [6, 6.07) is -0.0271. The molecule has 0 amide bonds. The molecule has 7 nitrogen and oxygen atoms in total. The van der Waals surface area contributed by atoms with Crippen molar-refractivity contribution in [3.05, 3.63) is 11.7 Å². The van der Waals surface area contributed by atoms with Gasteiger partial charge in [-0.25, -0.2) is 13.1 Å². The molecule has 1 N–H and O–H groups in total. The Labute approximate surface area is 131 Å². The molecule has 1 saturated heterocycles. The van der Waals surface area contributed by atoms with Gasteiger partial charge in [0, 0.05) is 25.0 Å². The molecule has 0 bridgehead atoms. The Bertz CT molecular complexity index is 611. The quantitative estimate of drug-likeness (QED) is 0.806. The number of aromatic nitrogens is 2. The molecule has 2 aliphatic rings. The van der Waals surface area contributed by atoms with Crippen LogP contribution in [-0.2, 0) is 16.6 Å². The first-order chi connectivity index (χ1) is 10.4. The van der Waals surface area contributed by atoms with Gasteiger partial charge in [-0.2, -0.15) is 4.98 Å². The van der Waals surface area contributed by atoms with Gasteiger partial charge >= 0.3 is 0 Å². The van der Waals surface area contributed by atoms with Crippen molar-refractivity contribution < 1.29 is 12.9 Å². The summed E-state index contributed by atoms with van der Waals surface area (Å²) in [6.45, 7) is 4.28. The van der Waals surface area contributed by atoms with Crippen LogP contribution in [0.5, 0.6) is 0 Å². The highest BCUT2D eigenvalue weighted by molar-refractivity contribution is 7.88. The topological polar surface area (TPSA) is 88.3 Å². The molecule has 2 fully saturated rings. The van der Waals surface area contributed by atoms with E-state index >= 15 is 0 Å². The van der Waals surface area contributed by atoms with Gasteiger partial charge in [0.1, 0.15) is 0 Å². The van der Waals surface area contributed by atoms with Crippen LogP contribution in [-0.4, -0.2) is 48.8 Å². The molecule has 2 atom stereocenters. The van der Waals surface area contributed by atoms with Gasteiger partial charge in [-0.1, -0.05) is 18.5 Å². The number of rotatable bonds is 7. The molecule has 1 aliphatic heterocycles. The Morgan fingerprint density at radius 1 is 1.36 bits per heavy atom. The van der Waals surface area contributed by atoms with E-state index < -0.39 is 10.0 Å². The van der Waals surface area contributed by atoms with Gasteiger partial charge in [0.25, 0.3) is 0 Å². The van der Waals surface area contributed by atoms with Gasteiger partial charge in [0.15, 0.2) is 5.82 Å². The maximum Gasteiger partial charge on any atom is 0.240 e. The molecule has 1 aromatic rings. The zero-order valence-electron chi connectivity index (χ0n) is 13.2. The smallest absolute Gasteiger partial charge is 0.240 e. The van der Waals surface area contributed by atoms with Crippen LogP contribution in [0.3, 0.4) is 0 Å². The standard InChI is InChI=1S/C14H24N4O3S/c1-3-4-11-7-18(8-12(11)17-22(2,19)20)9-13-15-14(16-21-13)10-5-6-10/h10-12,17H,3-9H2,1-2H3. The predicted octanol–water partition coefficient (Wildman–Crippen LogP) is 1.10. The minimum Gasteiger partial charge on any atom is -0.338 e. The summed E-state index contributed by atoms with van der Waals surface area (Å²) in [6.07, 6.45) is 5.59. The second-order valence-electron chi connectivity index (χ2n) is 6.56. The fourth-order valence-electron chi connectivity index (χ4n) is 3.19. The maximum absolute atomic E-state index is 11.5. The highest BCUT2D eigenvalue weighted by atomic mass is 32.2. The summed E-state index contributed by atoms with van der Waals surface area (Å²) < 4.78 is 31.1. The number of sulfonamides is 1. The highest BCUT2D eigenvalue weighted by Crippen LogP contribution is 2.38. The van der Waals surface area contributed by atoms with Crippen molar-refractivity contribution >= 4 is 10.0 Å². The molecule has 2 heterocycles. The van der Waals surface area contributed by atoms with Crippen LogP contribution < -0.4 is 4.72 Å². The van der Waals surface area contributed by atoms with Gasteiger partial charge in [-0.05, 0) is 25.2 Å². The van der Waals surface area contributed by atoms with Crippen LogP contribution in [0.1, 0.15) is 50.2 Å². The van der Waals surface area contributed by atoms with Crippen LogP contribution >= 0.6 is 0 Å².